The monoisotopic (exact) mass is 296 g/mol. The number of hydrogen-bond donors (Lipinski definition) is 1. The number of benzene rings is 2. The molecule has 0 aliphatic rings. The van der Waals surface area contributed by atoms with Gasteiger partial charge < -0.3 is 10.2 Å². The van der Waals surface area contributed by atoms with E-state index in [9.17, 15) is 4.79 Å². The van der Waals surface area contributed by atoms with Gasteiger partial charge in [0, 0.05) is 19.5 Å². The minimum Gasteiger partial charge on any atom is -0.350 e. The lowest BCUT2D eigenvalue weighted by atomic mass is 10.1. The molecule has 22 heavy (non-hydrogen) atoms. The lowest BCUT2D eigenvalue weighted by Gasteiger charge is -2.18. The maximum Gasteiger partial charge on any atom is 0.221 e. The van der Waals surface area contributed by atoms with Gasteiger partial charge in [-0.15, -0.1) is 0 Å². The summed E-state index contributed by atoms with van der Waals surface area (Å²) >= 11 is 0. The van der Waals surface area contributed by atoms with Crippen LogP contribution in [0.2, 0.25) is 0 Å². The van der Waals surface area contributed by atoms with Crippen molar-refractivity contribution in [2.45, 2.75) is 25.9 Å². The van der Waals surface area contributed by atoms with E-state index in [1.165, 1.54) is 5.56 Å². The third-order valence-corrected chi connectivity index (χ3v) is 3.69. The zero-order valence-corrected chi connectivity index (χ0v) is 13.3. The van der Waals surface area contributed by atoms with Crippen LogP contribution < -0.4 is 5.32 Å². The first-order chi connectivity index (χ1) is 10.6. The molecule has 1 N–H and O–H groups in total. The lowest BCUT2D eigenvalue weighted by molar-refractivity contribution is -0.122. The fraction of sp³-hybridized carbons (Fsp3) is 0.316. The van der Waals surface area contributed by atoms with Crippen molar-refractivity contribution in [2.75, 3.05) is 13.6 Å². The van der Waals surface area contributed by atoms with E-state index in [-0.39, 0.29) is 11.9 Å². The zero-order valence-electron chi connectivity index (χ0n) is 13.3. The van der Waals surface area contributed by atoms with Gasteiger partial charge in [0.25, 0.3) is 0 Å². The van der Waals surface area contributed by atoms with Gasteiger partial charge in [0.05, 0.1) is 6.04 Å². The maximum atomic E-state index is 12.0. The van der Waals surface area contributed by atoms with Crippen molar-refractivity contribution >= 4 is 5.91 Å². The highest BCUT2D eigenvalue weighted by Crippen LogP contribution is 2.11. The Labute approximate surface area is 133 Å². The topological polar surface area (TPSA) is 32.3 Å². The molecule has 0 heterocycles. The Morgan fingerprint density at radius 2 is 1.64 bits per heavy atom. The smallest absolute Gasteiger partial charge is 0.221 e. The molecule has 3 nitrogen and oxygen atoms in total. The van der Waals surface area contributed by atoms with Gasteiger partial charge in [0.2, 0.25) is 5.91 Å². The summed E-state index contributed by atoms with van der Waals surface area (Å²) < 4.78 is 0. The highest BCUT2D eigenvalue weighted by molar-refractivity contribution is 5.76. The first-order valence-corrected chi connectivity index (χ1v) is 7.72. The Morgan fingerprint density at radius 1 is 1.05 bits per heavy atom. The summed E-state index contributed by atoms with van der Waals surface area (Å²) in [5.74, 6) is 0.0938. The predicted molar refractivity (Wildman–Crippen MR) is 90.4 cm³/mol. The molecule has 1 atom stereocenters. The molecule has 1 amide bonds. The summed E-state index contributed by atoms with van der Waals surface area (Å²) in [5.41, 5.74) is 2.40. The summed E-state index contributed by atoms with van der Waals surface area (Å²) in [6.07, 6.45) is 0.514. The number of nitrogens with zero attached hydrogens (tertiary/aromatic N) is 1. The minimum atomic E-state index is 0.0492. The first-order valence-electron chi connectivity index (χ1n) is 7.72. The molecule has 2 rings (SSSR count). The van der Waals surface area contributed by atoms with Crippen LogP contribution >= 0.6 is 0 Å². The molecule has 0 spiro atoms. The normalized spacial score (nSPS) is 12.1. The number of carbonyl (C=O) groups is 1. The standard InChI is InChI=1S/C19H24N2O/c1-16(18-11-7-4-8-12-18)20-19(22)13-14-21(2)15-17-9-5-3-6-10-17/h3-12,16H,13-15H2,1-2H3,(H,20,22). The van der Waals surface area contributed by atoms with Gasteiger partial charge in [-0.3, -0.25) is 4.79 Å². The van der Waals surface area contributed by atoms with Crippen LogP contribution in [0, 0.1) is 0 Å². The van der Waals surface area contributed by atoms with Gasteiger partial charge in [0.1, 0.15) is 0 Å². The second-order valence-electron chi connectivity index (χ2n) is 5.67. The Bertz CT molecular complexity index is 569. The molecule has 116 valence electrons. The Morgan fingerprint density at radius 3 is 2.27 bits per heavy atom. The molecule has 0 fully saturated rings. The Hall–Kier alpha value is -2.13. The van der Waals surface area contributed by atoms with Crippen LogP contribution in [0.15, 0.2) is 60.7 Å². The van der Waals surface area contributed by atoms with Crippen molar-refractivity contribution in [1.29, 1.82) is 0 Å². The average molecular weight is 296 g/mol. The van der Waals surface area contributed by atoms with Crippen LogP contribution in [-0.4, -0.2) is 24.4 Å². The molecule has 3 heteroatoms. The summed E-state index contributed by atoms with van der Waals surface area (Å²) in [7, 11) is 2.04. The predicted octanol–water partition coefficient (Wildman–Crippen LogP) is 3.39. The van der Waals surface area contributed by atoms with E-state index in [1.54, 1.807) is 0 Å². The second-order valence-corrected chi connectivity index (χ2v) is 5.67. The molecular formula is C19H24N2O. The van der Waals surface area contributed by atoms with Gasteiger partial charge in [-0.2, -0.15) is 0 Å². The van der Waals surface area contributed by atoms with Crippen molar-refractivity contribution in [2.24, 2.45) is 0 Å². The molecular weight excluding hydrogens is 272 g/mol. The SMILES string of the molecule is CC(NC(=O)CCN(C)Cc1ccccc1)c1ccccc1. The van der Waals surface area contributed by atoms with Crippen LogP contribution in [0.3, 0.4) is 0 Å². The van der Waals surface area contributed by atoms with Crippen LogP contribution in [0.1, 0.15) is 30.5 Å². The summed E-state index contributed by atoms with van der Waals surface area (Å²) in [5, 5.41) is 3.05. The van der Waals surface area contributed by atoms with Gasteiger partial charge in [-0.1, -0.05) is 60.7 Å². The molecule has 0 bridgehead atoms. The summed E-state index contributed by atoms with van der Waals surface area (Å²) in [6.45, 7) is 3.63. The fourth-order valence-corrected chi connectivity index (χ4v) is 2.41. The van der Waals surface area contributed by atoms with Gasteiger partial charge in [-0.05, 0) is 25.1 Å². The maximum absolute atomic E-state index is 12.0. The highest BCUT2D eigenvalue weighted by Gasteiger charge is 2.10. The van der Waals surface area contributed by atoms with Crippen LogP contribution in [-0.2, 0) is 11.3 Å². The molecule has 0 radical (unpaired) electrons. The number of amides is 1. The van der Waals surface area contributed by atoms with E-state index in [0.717, 1.165) is 18.7 Å². The van der Waals surface area contributed by atoms with Gasteiger partial charge >= 0.3 is 0 Å². The molecule has 0 saturated carbocycles. The number of carbonyl (C=O) groups excluding carboxylic acids is 1. The first kappa shape index (κ1) is 16.2. The largest absolute Gasteiger partial charge is 0.350 e. The third kappa shape index (κ3) is 5.34. The van der Waals surface area contributed by atoms with E-state index in [1.807, 2.05) is 62.5 Å². The van der Waals surface area contributed by atoms with E-state index < -0.39 is 0 Å². The van der Waals surface area contributed by atoms with Crippen molar-refractivity contribution in [3.05, 3.63) is 71.8 Å². The van der Waals surface area contributed by atoms with Crippen molar-refractivity contribution in [3.8, 4) is 0 Å². The lowest BCUT2D eigenvalue weighted by Crippen LogP contribution is -2.30. The minimum absolute atomic E-state index is 0.0492. The molecule has 2 aromatic carbocycles. The quantitative estimate of drug-likeness (QED) is 0.849. The van der Waals surface area contributed by atoms with Crippen molar-refractivity contribution < 1.29 is 4.79 Å². The highest BCUT2D eigenvalue weighted by atomic mass is 16.1. The van der Waals surface area contributed by atoms with E-state index in [4.69, 9.17) is 0 Å². The molecule has 1 unspecified atom stereocenters. The average Bonchev–Trinajstić information content (AvgIpc) is 2.55. The van der Waals surface area contributed by atoms with Gasteiger partial charge in [0.15, 0.2) is 0 Å². The number of hydrogen-bond acceptors (Lipinski definition) is 2. The van der Waals surface area contributed by atoms with Crippen molar-refractivity contribution in [1.82, 2.24) is 10.2 Å². The van der Waals surface area contributed by atoms with Gasteiger partial charge in [-0.25, -0.2) is 0 Å². The molecule has 0 aromatic heterocycles. The van der Waals surface area contributed by atoms with Crippen LogP contribution in [0.5, 0.6) is 0 Å². The fourth-order valence-electron chi connectivity index (χ4n) is 2.41. The molecule has 0 saturated heterocycles. The van der Waals surface area contributed by atoms with E-state index in [2.05, 4.69) is 22.3 Å². The van der Waals surface area contributed by atoms with E-state index in [0.29, 0.717) is 6.42 Å². The third-order valence-electron chi connectivity index (χ3n) is 3.69. The Balaban J connectivity index is 1.73. The van der Waals surface area contributed by atoms with Crippen LogP contribution in [0.4, 0.5) is 0 Å². The van der Waals surface area contributed by atoms with Crippen LogP contribution in [0.25, 0.3) is 0 Å². The number of nitrogens with one attached hydrogen (secondary N) is 1. The zero-order chi connectivity index (χ0) is 15.8. The molecule has 0 aliphatic heterocycles. The summed E-state index contributed by atoms with van der Waals surface area (Å²) in [6, 6.07) is 20.4. The second kappa shape index (κ2) is 8.35. The molecule has 0 aliphatic carbocycles. The van der Waals surface area contributed by atoms with E-state index >= 15 is 0 Å². The number of rotatable bonds is 7. The summed E-state index contributed by atoms with van der Waals surface area (Å²) in [4.78, 5) is 14.2. The Kier molecular flexibility index (Phi) is 6.16. The molecule has 2 aromatic rings. The van der Waals surface area contributed by atoms with Crippen molar-refractivity contribution in [3.63, 3.8) is 0 Å².